The lowest BCUT2D eigenvalue weighted by molar-refractivity contribution is -0.124. The highest BCUT2D eigenvalue weighted by atomic mass is 32.1. The summed E-state index contributed by atoms with van der Waals surface area (Å²) >= 11 is 1.34. The summed E-state index contributed by atoms with van der Waals surface area (Å²) in [5, 5.41) is 10.2. The molecule has 0 spiro atoms. The predicted molar refractivity (Wildman–Crippen MR) is 84.6 cm³/mol. The molecule has 3 N–H and O–H groups in total. The molecular weight excluding hydrogens is 302 g/mol. The Morgan fingerprint density at radius 2 is 2.23 bits per heavy atom. The summed E-state index contributed by atoms with van der Waals surface area (Å²) in [5.74, 6) is -0.466. The van der Waals surface area contributed by atoms with E-state index < -0.39 is 6.04 Å². The molecule has 0 aromatic carbocycles. The Kier molecular flexibility index (Phi) is 5.54. The van der Waals surface area contributed by atoms with Gasteiger partial charge in [-0.1, -0.05) is 19.9 Å². The maximum absolute atomic E-state index is 12.3. The van der Waals surface area contributed by atoms with E-state index >= 15 is 0 Å². The van der Waals surface area contributed by atoms with Gasteiger partial charge in [-0.15, -0.1) is 11.3 Å². The zero-order valence-corrected chi connectivity index (χ0v) is 13.5. The smallest absolute Gasteiger partial charge is 0.262 e. The van der Waals surface area contributed by atoms with Crippen LogP contribution in [0, 0.1) is 5.92 Å². The van der Waals surface area contributed by atoms with Crippen LogP contribution >= 0.6 is 11.3 Å². The van der Waals surface area contributed by atoms with Crippen molar-refractivity contribution in [2.45, 2.75) is 38.8 Å². The normalized spacial score (nSPS) is 18.9. The van der Waals surface area contributed by atoms with E-state index in [0.29, 0.717) is 17.8 Å². The fraction of sp³-hybridized carbons (Fsp3) is 0.533. The quantitative estimate of drug-likeness (QED) is 0.727. The van der Waals surface area contributed by atoms with E-state index in [0.717, 1.165) is 6.42 Å². The van der Waals surface area contributed by atoms with E-state index in [1.165, 1.54) is 11.3 Å². The summed E-state index contributed by atoms with van der Waals surface area (Å²) in [5.41, 5.74) is 0. The van der Waals surface area contributed by atoms with Crippen LogP contribution in [-0.4, -0.2) is 36.3 Å². The van der Waals surface area contributed by atoms with Crippen LogP contribution in [0.1, 0.15) is 36.4 Å². The molecule has 0 saturated carbocycles. The topological polar surface area (TPSA) is 87.3 Å². The second kappa shape index (κ2) is 7.40. The van der Waals surface area contributed by atoms with E-state index in [4.69, 9.17) is 0 Å². The summed E-state index contributed by atoms with van der Waals surface area (Å²) in [6.07, 6.45) is 1.23. The fourth-order valence-electron chi connectivity index (χ4n) is 2.32. The molecule has 2 heterocycles. The second-order valence-corrected chi connectivity index (χ2v) is 6.67. The van der Waals surface area contributed by atoms with E-state index in [2.05, 4.69) is 16.0 Å². The van der Waals surface area contributed by atoms with E-state index in [9.17, 15) is 14.4 Å². The Morgan fingerprint density at radius 3 is 2.77 bits per heavy atom. The van der Waals surface area contributed by atoms with Crippen LogP contribution in [0.25, 0.3) is 0 Å². The first-order chi connectivity index (χ1) is 10.5. The molecule has 1 aliphatic heterocycles. The molecule has 1 aromatic heterocycles. The summed E-state index contributed by atoms with van der Waals surface area (Å²) in [6.45, 7) is 4.16. The van der Waals surface area contributed by atoms with E-state index in [1.807, 2.05) is 19.2 Å². The average Bonchev–Trinajstić information content (AvgIpc) is 3.13. The van der Waals surface area contributed by atoms with Gasteiger partial charge >= 0.3 is 0 Å². The van der Waals surface area contributed by atoms with Crippen molar-refractivity contribution in [3.05, 3.63) is 22.4 Å². The highest BCUT2D eigenvalue weighted by Gasteiger charge is 2.27. The van der Waals surface area contributed by atoms with Crippen molar-refractivity contribution in [2.24, 2.45) is 5.92 Å². The van der Waals surface area contributed by atoms with Gasteiger partial charge < -0.3 is 16.0 Å². The number of amides is 3. The number of hydrogen-bond donors (Lipinski definition) is 3. The standard InChI is InChI=1S/C15H21N3O3S/c1-9(2)13(18-14(20)11-4-3-7-22-11)15(21)16-8-10-5-6-12(19)17-10/h3-4,7,9-10,13H,5-6,8H2,1-2H3,(H,16,21)(H,17,19)(H,18,20)/t10-,13+/m1/s1. The van der Waals surface area contributed by atoms with Crippen molar-refractivity contribution in [1.29, 1.82) is 0 Å². The molecule has 1 aliphatic rings. The van der Waals surface area contributed by atoms with Crippen LogP contribution in [0.15, 0.2) is 17.5 Å². The summed E-state index contributed by atoms with van der Waals surface area (Å²) < 4.78 is 0. The SMILES string of the molecule is CC(C)[C@H](NC(=O)c1cccs1)C(=O)NC[C@H]1CCC(=O)N1. The molecule has 1 saturated heterocycles. The maximum Gasteiger partial charge on any atom is 0.262 e. The Morgan fingerprint density at radius 1 is 1.45 bits per heavy atom. The zero-order valence-electron chi connectivity index (χ0n) is 12.7. The molecule has 3 amide bonds. The van der Waals surface area contributed by atoms with Crippen LogP contribution in [-0.2, 0) is 9.59 Å². The third-order valence-corrected chi connectivity index (χ3v) is 4.46. The number of carbonyl (C=O) groups is 3. The molecular formula is C15H21N3O3S. The molecule has 2 atom stereocenters. The van der Waals surface area contributed by atoms with Gasteiger partial charge in [-0.3, -0.25) is 14.4 Å². The van der Waals surface area contributed by atoms with Crippen LogP contribution in [0.5, 0.6) is 0 Å². The van der Waals surface area contributed by atoms with Crippen molar-refractivity contribution in [3.63, 3.8) is 0 Å². The first-order valence-electron chi connectivity index (χ1n) is 7.39. The molecule has 0 bridgehead atoms. The molecule has 1 aromatic rings. The first-order valence-corrected chi connectivity index (χ1v) is 8.26. The number of carbonyl (C=O) groups excluding carboxylic acids is 3. The molecule has 1 fully saturated rings. The lowest BCUT2D eigenvalue weighted by Crippen LogP contribution is -2.51. The highest BCUT2D eigenvalue weighted by molar-refractivity contribution is 7.12. The molecule has 22 heavy (non-hydrogen) atoms. The second-order valence-electron chi connectivity index (χ2n) is 5.72. The zero-order chi connectivity index (χ0) is 16.1. The molecule has 0 aliphatic carbocycles. The van der Waals surface area contributed by atoms with Crippen molar-refractivity contribution in [1.82, 2.24) is 16.0 Å². The third kappa shape index (κ3) is 4.30. The van der Waals surface area contributed by atoms with Gasteiger partial charge in [0.2, 0.25) is 11.8 Å². The predicted octanol–water partition coefficient (Wildman–Crippen LogP) is 0.897. The Bertz CT molecular complexity index is 542. The van der Waals surface area contributed by atoms with E-state index in [-0.39, 0.29) is 29.7 Å². The third-order valence-electron chi connectivity index (χ3n) is 3.59. The minimum atomic E-state index is -0.591. The van der Waals surface area contributed by atoms with Crippen molar-refractivity contribution in [3.8, 4) is 0 Å². The summed E-state index contributed by atoms with van der Waals surface area (Å²) in [4.78, 5) is 36.1. The number of thiophene rings is 1. The van der Waals surface area contributed by atoms with Crippen LogP contribution in [0.4, 0.5) is 0 Å². The molecule has 2 rings (SSSR count). The maximum atomic E-state index is 12.3. The van der Waals surface area contributed by atoms with Gasteiger partial charge in [0, 0.05) is 19.0 Å². The van der Waals surface area contributed by atoms with Gasteiger partial charge in [-0.25, -0.2) is 0 Å². The Balaban J connectivity index is 1.88. The largest absolute Gasteiger partial charge is 0.352 e. The van der Waals surface area contributed by atoms with Crippen molar-refractivity contribution in [2.75, 3.05) is 6.54 Å². The highest BCUT2D eigenvalue weighted by Crippen LogP contribution is 2.11. The minimum Gasteiger partial charge on any atom is -0.352 e. The molecule has 6 nitrogen and oxygen atoms in total. The molecule has 0 radical (unpaired) electrons. The Labute approximate surface area is 133 Å². The van der Waals surface area contributed by atoms with Crippen molar-refractivity contribution < 1.29 is 14.4 Å². The molecule has 0 unspecified atom stereocenters. The molecule has 7 heteroatoms. The molecule has 120 valence electrons. The van der Waals surface area contributed by atoms with E-state index in [1.54, 1.807) is 12.1 Å². The van der Waals surface area contributed by atoms with Gasteiger partial charge in [-0.2, -0.15) is 0 Å². The van der Waals surface area contributed by atoms with Crippen LogP contribution in [0.3, 0.4) is 0 Å². The lowest BCUT2D eigenvalue weighted by atomic mass is 10.0. The lowest BCUT2D eigenvalue weighted by Gasteiger charge is -2.22. The summed E-state index contributed by atoms with van der Waals surface area (Å²) in [6, 6.07) is 2.92. The van der Waals surface area contributed by atoms with Crippen LogP contribution in [0.2, 0.25) is 0 Å². The van der Waals surface area contributed by atoms with Crippen molar-refractivity contribution >= 4 is 29.1 Å². The van der Waals surface area contributed by atoms with Gasteiger partial charge in [0.1, 0.15) is 6.04 Å². The van der Waals surface area contributed by atoms with Gasteiger partial charge in [-0.05, 0) is 23.8 Å². The van der Waals surface area contributed by atoms with Gasteiger partial charge in [0.15, 0.2) is 0 Å². The number of rotatable bonds is 6. The number of hydrogen-bond acceptors (Lipinski definition) is 4. The monoisotopic (exact) mass is 323 g/mol. The van der Waals surface area contributed by atoms with Crippen LogP contribution < -0.4 is 16.0 Å². The van der Waals surface area contributed by atoms with Gasteiger partial charge in [0.05, 0.1) is 4.88 Å². The average molecular weight is 323 g/mol. The fourth-order valence-corrected chi connectivity index (χ4v) is 2.95. The summed E-state index contributed by atoms with van der Waals surface area (Å²) in [7, 11) is 0. The first kappa shape index (κ1) is 16.5. The van der Waals surface area contributed by atoms with Gasteiger partial charge in [0.25, 0.3) is 5.91 Å². The Hall–Kier alpha value is -1.89. The number of nitrogens with one attached hydrogen (secondary N) is 3. The minimum absolute atomic E-state index is 0.0164.